The van der Waals surface area contributed by atoms with Crippen molar-refractivity contribution in [2.45, 2.75) is 62.7 Å². The summed E-state index contributed by atoms with van der Waals surface area (Å²) >= 11 is 0. The van der Waals surface area contributed by atoms with E-state index in [0.29, 0.717) is 19.4 Å². The predicted molar refractivity (Wildman–Crippen MR) is 112 cm³/mol. The number of hydrogen-bond acceptors (Lipinski definition) is 9. The topological polar surface area (TPSA) is 277 Å². The average Bonchev–Trinajstić information content (AvgIpc) is 2.72. The molecule has 4 atom stereocenters. The fraction of sp³-hybridized carbons (Fsp3) is 0.667. The molecule has 33 heavy (non-hydrogen) atoms. The highest BCUT2D eigenvalue weighted by Crippen LogP contribution is 2.05. The maximum atomic E-state index is 12.8. The second kappa shape index (κ2) is 15.5. The number of aliphatic carboxylic acids is 2. The Labute approximate surface area is 189 Å². The third-order valence-corrected chi connectivity index (χ3v) is 4.41. The number of unbranched alkanes of at least 4 members (excludes halogenated alkanes) is 1. The van der Waals surface area contributed by atoms with Crippen molar-refractivity contribution >= 4 is 35.6 Å². The van der Waals surface area contributed by atoms with Gasteiger partial charge in [0.2, 0.25) is 23.6 Å². The van der Waals surface area contributed by atoms with Gasteiger partial charge in [-0.3, -0.25) is 24.0 Å². The number of carbonyl (C=O) groups is 6. The number of carboxylic acid groups (broad SMARTS) is 2. The van der Waals surface area contributed by atoms with Gasteiger partial charge >= 0.3 is 11.9 Å². The zero-order valence-electron chi connectivity index (χ0n) is 18.0. The lowest BCUT2D eigenvalue weighted by Crippen LogP contribution is -2.57. The summed E-state index contributed by atoms with van der Waals surface area (Å²) in [6, 6.07) is -5.68. The van der Waals surface area contributed by atoms with Crippen LogP contribution in [0.5, 0.6) is 0 Å². The summed E-state index contributed by atoms with van der Waals surface area (Å²) in [6.07, 6.45) is -0.410. The Morgan fingerprint density at radius 2 is 1.30 bits per heavy atom. The van der Waals surface area contributed by atoms with Gasteiger partial charge in [0.05, 0.1) is 19.1 Å². The van der Waals surface area contributed by atoms with Gasteiger partial charge in [-0.05, 0) is 32.2 Å². The zero-order chi connectivity index (χ0) is 25.6. The lowest BCUT2D eigenvalue weighted by Gasteiger charge is -2.24. The molecular formula is C18H32N6O9. The highest BCUT2D eigenvalue weighted by Gasteiger charge is 2.30. The summed E-state index contributed by atoms with van der Waals surface area (Å²) in [7, 11) is 0. The molecule has 0 aliphatic rings. The number of aliphatic hydroxyl groups excluding tert-OH is 1. The van der Waals surface area contributed by atoms with Crippen LogP contribution in [0.2, 0.25) is 0 Å². The number of primary amides is 1. The van der Waals surface area contributed by atoms with Crippen LogP contribution < -0.4 is 33.2 Å². The Balaban J connectivity index is 5.49. The Hall–Kier alpha value is -3.30. The number of hydrogen-bond donors (Lipinski definition) is 9. The van der Waals surface area contributed by atoms with Gasteiger partial charge in [-0.15, -0.1) is 0 Å². The lowest BCUT2D eigenvalue weighted by molar-refractivity contribution is -0.144. The van der Waals surface area contributed by atoms with Gasteiger partial charge in [0.25, 0.3) is 0 Å². The predicted octanol–water partition coefficient (Wildman–Crippen LogP) is -4.29. The van der Waals surface area contributed by atoms with Crippen LogP contribution in [0.3, 0.4) is 0 Å². The maximum Gasteiger partial charge on any atom is 0.328 e. The molecule has 0 aromatic rings. The average molecular weight is 476 g/mol. The van der Waals surface area contributed by atoms with Crippen LogP contribution >= 0.6 is 0 Å². The molecule has 188 valence electrons. The number of carboxylic acids is 2. The monoisotopic (exact) mass is 476 g/mol. The molecule has 0 spiro atoms. The van der Waals surface area contributed by atoms with E-state index in [1.54, 1.807) is 0 Å². The van der Waals surface area contributed by atoms with E-state index in [2.05, 4.69) is 10.6 Å². The lowest BCUT2D eigenvalue weighted by atomic mass is 10.0. The Morgan fingerprint density at radius 1 is 0.788 bits per heavy atom. The maximum absolute atomic E-state index is 12.8. The van der Waals surface area contributed by atoms with Gasteiger partial charge in [-0.1, -0.05) is 0 Å². The van der Waals surface area contributed by atoms with Gasteiger partial charge in [0.15, 0.2) is 0 Å². The molecule has 0 rings (SSSR count). The van der Waals surface area contributed by atoms with Crippen molar-refractivity contribution in [2.24, 2.45) is 17.2 Å². The molecule has 0 saturated carbocycles. The fourth-order valence-corrected chi connectivity index (χ4v) is 2.62. The van der Waals surface area contributed by atoms with Crippen LogP contribution in [0.4, 0.5) is 0 Å². The molecule has 15 nitrogen and oxygen atoms in total. The summed E-state index contributed by atoms with van der Waals surface area (Å²) in [5.41, 5.74) is 16.0. The van der Waals surface area contributed by atoms with Crippen LogP contribution in [0.25, 0.3) is 0 Å². The van der Waals surface area contributed by atoms with E-state index in [1.165, 1.54) is 0 Å². The van der Waals surface area contributed by atoms with Crippen molar-refractivity contribution in [3.63, 3.8) is 0 Å². The van der Waals surface area contributed by atoms with Gasteiger partial charge in [-0.25, -0.2) is 4.79 Å². The van der Waals surface area contributed by atoms with Crippen LogP contribution in [-0.4, -0.2) is 88.2 Å². The van der Waals surface area contributed by atoms with Crippen molar-refractivity contribution in [2.75, 3.05) is 13.2 Å². The van der Waals surface area contributed by atoms with Crippen molar-refractivity contribution in [3.05, 3.63) is 0 Å². The number of carbonyl (C=O) groups excluding carboxylic acids is 4. The first-order valence-corrected chi connectivity index (χ1v) is 10.1. The minimum absolute atomic E-state index is 0.0831. The molecular weight excluding hydrogens is 444 g/mol. The van der Waals surface area contributed by atoms with Crippen LogP contribution in [0.1, 0.15) is 38.5 Å². The molecule has 4 amide bonds. The van der Waals surface area contributed by atoms with Gasteiger partial charge in [0.1, 0.15) is 18.1 Å². The molecule has 0 aromatic heterocycles. The summed E-state index contributed by atoms with van der Waals surface area (Å²) < 4.78 is 0. The number of nitrogens with two attached hydrogens (primary N) is 3. The Morgan fingerprint density at radius 3 is 1.76 bits per heavy atom. The van der Waals surface area contributed by atoms with Crippen molar-refractivity contribution in [1.29, 1.82) is 0 Å². The van der Waals surface area contributed by atoms with Gasteiger partial charge in [0, 0.05) is 6.42 Å². The van der Waals surface area contributed by atoms with E-state index in [1.807, 2.05) is 5.32 Å². The zero-order valence-corrected chi connectivity index (χ0v) is 18.0. The van der Waals surface area contributed by atoms with Crippen LogP contribution in [0, 0.1) is 0 Å². The molecule has 0 aliphatic carbocycles. The number of amides is 4. The first kappa shape index (κ1) is 29.7. The number of aliphatic hydroxyl groups is 1. The highest BCUT2D eigenvalue weighted by atomic mass is 16.4. The summed E-state index contributed by atoms with van der Waals surface area (Å²) in [5, 5.41) is 33.6. The van der Waals surface area contributed by atoms with Gasteiger partial charge in [-0.2, -0.15) is 0 Å². The van der Waals surface area contributed by atoms with Crippen LogP contribution in [-0.2, 0) is 28.8 Å². The first-order valence-electron chi connectivity index (χ1n) is 10.1. The quantitative estimate of drug-likeness (QED) is 0.0905. The van der Waals surface area contributed by atoms with E-state index in [0.717, 1.165) is 0 Å². The SMILES string of the molecule is NCCCCC(NC(=O)C(N)CC(N)=O)C(=O)NC(CCC(=O)O)C(=O)NC(CO)C(=O)O. The third-order valence-electron chi connectivity index (χ3n) is 4.41. The number of rotatable bonds is 17. The Kier molecular flexibility index (Phi) is 13.9. The van der Waals surface area contributed by atoms with E-state index in [9.17, 15) is 28.8 Å². The van der Waals surface area contributed by atoms with Crippen molar-refractivity contribution in [1.82, 2.24) is 16.0 Å². The van der Waals surface area contributed by atoms with E-state index < -0.39 is 85.6 Å². The summed E-state index contributed by atoms with van der Waals surface area (Å²) in [6.45, 7) is -0.624. The van der Waals surface area contributed by atoms with E-state index in [4.69, 9.17) is 32.5 Å². The summed E-state index contributed by atoms with van der Waals surface area (Å²) in [4.78, 5) is 70.4. The first-order chi connectivity index (χ1) is 15.4. The molecule has 15 heteroatoms. The van der Waals surface area contributed by atoms with Gasteiger partial charge < -0.3 is 48.5 Å². The fourth-order valence-electron chi connectivity index (χ4n) is 2.62. The molecule has 0 heterocycles. The minimum atomic E-state index is -1.67. The molecule has 12 N–H and O–H groups in total. The second-order valence-corrected chi connectivity index (χ2v) is 7.20. The van der Waals surface area contributed by atoms with E-state index in [-0.39, 0.29) is 6.42 Å². The van der Waals surface area contributed by atoms with Crippen molar-refractivity contribution < 1.29 is 44.1 Å². The Bertz CT molecular complexity index is 718. The molecule has 0 aromatic carbocycles. The molecule has 0 aliphatic heterocycles. The molecule has 0 saturated heterocycles. The smallest absolute Gasteiger partial charge is 0.328 e. The molecule has 4 unspecified atom stereocenters. The minimum Gasteiger partial charge on any atom is -0.481 e. The number of nitrogens with one attached hydrogen (secondary N) is 3. The third kappa shape index (κ3) is 12.4. The van der Waals surface area contributed by atoms with Crippen molar-refractivity contribution in [3.8, 4) is 0 Å². The largest absolute Gasteiger partial charge is 0.481 e. The highest BCUT2D eigenvalue weighted by molar-refractivity contribution is 5.95. The van der Waals surface area contributed by atoms with Crippen LogP contribution in [0.15, 0.2) is 0 Å². The molecule has 0 bridgehead atoms. The molecule has 0 fully saturated rings. The standard InChI is InChI=1S/C18H32N6O9/c19-6-2-1-3-10(22-15(29)9(20)7-13(21)26)16(30)23-11(4-5-14(27)28)17(31)24-12(8-25)18(32)33/h9-12,25H,1-8,19-20H2,(H2,21,26)(H,22,29)(H,23,30)(H,24,31)(H,27,28)(H,32,33). The van der Waals surface area contributed by atoms with E-state index >= 15 is 0 Å². The second-order valence-electron chi connectivity index (χ2n) is 7.20. The normalized spacial score (nSPS) is 14.3. The molecule has 0 radical (unpaired) electrons. The summed E-state index contributed by atoms with van der Waals surface area (Å²) in [5.74, 6) is -6.39.